The van der Waals surface area contributed by atoms with E-state index in [9.17, 15) is 14.9 Å². The van der Waals surface area contributed by atoms with Crippen molar-refractivity contribution in [3.8, 4) is 0 Å². The first-order valence-corrected chi connectivity index (χ1v) is 6.47. The van der Waals surface area contributed by atoms with Gasteiger partial charge in [0.15, 0.2) is 0 Å². The Hall–Kier alpha value is -2.15. The van der Waals surface area contributed by atoms with Crippen LogP contribution in [0.25, 0.3) is 0 Å². The Morgan fingerprint density at radius 3 is 2.50 bits per heavy atom. The third-order valence-corrected chi connectivity index (χ3v) is 3.35. The number of nitrogens with two attached hydrogens (primary N) is 1. The molecule has 2 unspecified atom stereocenters. The number of nitro benzene ring substituents is 1. The monoisotopic (exact) mass is 278 g/mol. The van der Waals surface area contributed by atoms with Gasteiger partial charge in [-0.05, 0) is 19.9 Å². The van der Waals surface area contributed by atoms with Gasteiger partial charge in [0, 0.05) is 37.3 Å². The summed E-state index contributed by atoms with van der Waals surface area (Å²) in [7, 11) is 0. The summed E-state index contributed by atoms with van der Waals surface area (Å²) >= 11 is 0. The number of nitrogens with one attached hydrogen (secondary N) is 1. The van der Waals surface area contributed by atoms with Gasteiger partial charge in [0.1, 0.15) is 0 Å². The molecule has 0 radical (unpaired) electrons. The molecule has 1 aromatic carbocycles. The molecule has 0 spiro atoms. The molecule has 1 amide bonds. The molecule has 2 rings (SSSR count). The lowest BCUT2D eigenvalue weighted by Crippen LogP contribution is -2.54. The molecule has 1 aromatic rings. The highest BCUT2D eigenvalue weighted by Crippen LogP contribution is 2.26. The first-order valence-electron chi connectivity index (χ1n) is 6.47. The van der Waals surface area contributed by atoms with Crippen LogP contribution in [0.1, 0.15) is 24.2 Å². The average Bonchev–Trinajstić information content (AvgIpc) is 2.36. The third-order valence-electron chi connectivity index (χ3n) is 3.35. The van der Waals surface area contributed by atoms with E-state index in [4.69, 9.17) is 5.73 Å². The van der Waals surface area contributed by atoms with E-state index in [1.807, 2.05) is 4.90 Å². The van der Waals surface area contributed by atoms with Crippen LogP contribution in [0.15, 0.2) is 18.2 Å². The molecular weight excluding hydrogens is 260 g/mol. The predicted octanol–water partition coefficient (Wildman–Crippen LogP) is 0.880. The van der Waals surface area contributed by atoms with Crippen molar-refractivity contribution in [2.75, 3.05) is 18.0 Å². The summed E-state index contributed by atoms with van der Waals surface area (Å²) < 4.78 is 0. The Kier molecular flexibility index (Phi) is 3.89. The van der Waals surface area contributed by atoms with Gasteiger partial charge >= 0.3 is 0 Å². The maximum absolute atomic E-state index is 11.6. The third kappa shape index (κ3) is 2.88. The van der Waals surface area contributed by atoms with Crippen LogP contribution >= 0.6 is 0 Å². The summed E-state index contributed by atoms with van der Waals surface area (Å²) in [4.78, 5) is 23.9. The Morgan fingerprint density at radius 2 is 2.00 bits per heavy atom. The van der Waals surface area contributed by atoms with Gasteiger partial charge in [-0.25, -0.2) is 0 Å². The number of primary amides is 1. The SMILES string of the molecule is CC1CN(c2ccc([N+](=O)[O-])cc2C(N)=O)CC(C)N1. The van der Waals surface area contributed by atoms with E-state index in [0.717, 1.165) is 13.1 Å². The van der Waals surface area contributed by atoms with Crippen molar-refractivity contribution in [2.24, 2.45) is 5.73 Å². The number of amides is 1. The molecule has 1 fully saturated rings. The fraction of sp³-hybridized carbons (Fsp3) is 0.462. The van der Waals surface area contributed by atoms with E-state index in [2.05, 4.69) is 19.2 Å². The number of hydrogen-bond donors (Lipinski definition) is 2. The second kappa shape index (κ2) is 5.46. The van der Waals surface area contributed by atoms with E-state index in [1.54, 1.807) is 6.07 Å². The van der Waals surface area contributed by atoms with Crippen molar-refractivity contribution >= 4 is 17.3 Å². The van der Waals surface area contributed by atoms with Gasteiger partial charge in [0.25, 0.3) is 11.6 Å². The molecule has 0 aliphatic carbocycles. The molecule has 0 aromatic heterocycles. The number of piperazine rings is 1. The number of benzene rings is 1. The molecular formula is C13H18N4O3. The maximum atomic E-state index is 11.6. The van der Waals surface area contributed by atoms with Gasteiger partial charge in [0.05, 0.1) is 16.2 Å². The van der Waals surface area contributed by atoms with Crippen molar-refractivity contribution < 1.29 is 9.72 Å². The van der Waals surface area contributed by atoms with Crippen LogP contribution < -0.4 is 16.0 Å². The van der Waals surface area contributed by atoms with E-state index in [0.29, 0.717) is 5.69 Å². The molecule has 7 heteroatoms. The Labute approximate surface area is 116 Å². The predicted molar refractivity (Wildman–Crippen MR) is 75.9 cm³/mol. The molecule has 2 atom stereocenters. The van der Waals surface area contributed by atoms with Crippen molar-refractivity contribution in [1.82, 2.24) is 5.32 Å². The molecule has 0 saturated carbocycles. The van der Waals surface area contributed by atoms with Crippen LogP contribution in [0.4, 0.5) is 11.4 Å². The zero-order chi connectivity index (χ0) is 14.9. The summed E-state index contributed by atoms with van der Waals surface area (Å²) in [5.41, 5.74) is 6.08. The minimum atomic E-state index is -0.650. The molecule has 7 nitrogen and oxygen atoms in total. The normalized spacial score (nSPS) is 22.6. The molecule has 1 saturated heterocycles. The van der Waals surface area contributed by atoms with Crippen LogP contribution in [-0.2, 0) is 0 Å². The zero-order valence-electron chi connectivity index (χ0n) is 11.5. The van der Waals surface area contributed by atoms with E-state index >= 15 is 0 Å². The number of rotatable bonds is 3. The molecule has 1 aliphatic rings. The summed E-state index contributed by atoms with van der Waals surface area (Å²) in [6.07, 6.45) is 0. The summed E-state index contributed by atoms with van der Waals surface area (Å²) in [5.74, 6) is -0.650. The fourth-order valence-electron chi connectivity index (χ4n) is 2.63. The molecule has 1 heterocycles. The number of nitrogens with zero attached hydrogens (tertiary/aromatic N) is 2. The van der Waals surface area contributed by atoms with Crippen LogP contribution in [0, 0.1) is 10.1 Å². The molecule has 3 N–H and O–H groups in total. The number of carbonyl (C=O) groups is 1. The van der Waals surface area contributed by atoms with Crippen molar-refractivity contribution in [3.05, 3.63) is 33.9 Å². The lowest BCUT2D eigenvalue weighted by atomic mass is 10.1. The van der Waals surface area contributed by atoms with Crippen LogP contribution in [0.2, 0.25) is 0 Å². The van der Waals surface area contributed by atoms with Crippen molar-refractivity contribution in [3.63, 3.8) is 0 Å². The highest BCUT2D eigenvalue weighted by molar-refractivity contribution is 5.99. The van der Waals surface area contributed by atoms with Gasteiger partial charge < -0.3 is 16.0 Å². The largest absolute Gasteiger partial charge is 0.368 e. The van der Waals surface area contributed by atoms with Crippen molar-refractivity contribution in [1.29, 1.82) is 0 Å². The Bertz CT molecular complexity index is 536. The maximum Gasteiger partial charge on any atom is 0.270 e. The molecule has 108 valence electrons. The zero-order valence-corrected chi connectivity index (χ0v) is 11.5. The second-order valence-electron chi connectivity index (χ2n) is 5.20. The molecule has 20 heavy (non-hydrogen) atoms. The minimum Gasteiger partial charge on any atom is -0.368 e. The van der Waals surface area contributed by atoms with Gasteiger partial charge in [-0.2, -0.15) is 0 Å². The number of anilines is 1. The molecule has 1 aliphatic heterocycles. The Morgan fingerprint density at radius 1 is 1.40 bits per heavy atom. The summed E-state index contributed by atoms with van der Waals surface area (Å²) in [6.45, 7) is 5.56. The van der Waals surface area contributed by atoms with Crippen molar-refractivity contribution in [2.45, 2.75) is 25.9 Å². The topological polar surface area (TPSA) is 102 Å². The van der Waals surface area contributed by atoms with Gasteiger partial charge in [-0.3, -0.25) is 14.9 Å². The van der Waals surface area contributed by atoms with Gasteiger partial charge in [-0.1, -0.05) is 0 Å². The van der Waals surface area contributed by atoms with E-state index < -0.39 is 10.8 Å². The minimum absolute atomic E-state index is 0.126. The van der Waals surface area contributed by atoms with E-state index in [1.165, 1.54) is 12.1 Å². The lowest BCUT2D eigenvalue weighted by Gasteiger charge is -2.38. The molecule has 0 bridgehead atoms. The number of carbonyl (C=O) groups excluding carboxylic acids is 1. The smallest absolute Gasteiger partial charge is 0.270 e. The Balaban J connectivity index is 2.40. The van der Waals surface area contributed by atoms with E-state index in [-0.39, 0.29) is 23.3 Å². The van der Waals surface area contributed by atoms with Gasteiger partial charge in [0.2, 0.25) is 0 Å². The van der Waals surface area contributed by atoms with Gasteiger partial charge in [-0.15, -0.1) is 0 Å². The highest BCUT2D eigenvalue weighted by atomic mass is 16.6. The first kappa shape index (κ1) is 14.3. The first-order chi connectivity index (χ1) is 9.38. The number of non-ortho nitro benzene ring substituents is 1. The second-order valence-corrected chi connectivity index (χ2v) is 5.20. The lowest BCUT2D eigenvalue weighted by molar-refractivity contribution is -0.384. The van der Waals surface area contributed by atoms with Crippen LogP contribution in [0.5, 0.6) is 0 Å². The number of nitro groups is 1. The summed E-state index contributed by atoms with van der Waals surface area (Å²) in [6, 6.07) is 4.79. The van der Waals surface area contributed by atoms with Crippen LogP contribution in [-0.4, -0.2) is 36.0 Å². The number of hydrogen-bond acceptors (Lipinski definition) is 5. The summed E-state index contributed by atoms with van der Waals surface area (Å²) in [5, 5.41) is 14.2. The highest BCUT2D eigenvalue weighted by Gasteiger charge is 2.25. The fourth-order valence-corrected chi connectivity index (χ4v) is 2.63. The van der Waals surface area contributed by atoms with Crippen LogP contribution in [0.3, 0.4) is 0 Å². The standard InChI is InChI=1S/C13H18N4O3/c1-8-6-16(7-9(2)15-8)12-4-3-10(17(19)20)5-11(12)13(14)18/h3-5,8-9,15H,6-7H2,1-2H3,(H2,14,18). The average molecular weight is 278 g/mol. The quantitative estimate of drug-likeness (QED) is 0.631.